The molecule has 0 bridgehead atoms. The van der Waals surface area contributed by atoms with Crippen molar-refractivity contribution < 1.29 is 19.1 Å². The first kappa shape index (κ1) is 18.2. The summed E-state index contributed by atoms with van der Waals surface area (Å²) >= 11 is 0. The first-order valence-corrected chi connectivity index (χ1v) is 7.82. The minimum Gasteiger partial charge on any atom is -0.469 e. The molecule has 2 amide bonds. The summed E-state index contributed by atoms with van der Waals surface area (Å²) in [5, 5.41) is 5.41. The zero-order chi connectivity index (χ0) is 18.2. The molecule has 2 N–H and O–H groups in total. The van der Waals surface area contributed by atoms with Gasteiger partial charge >= 0.3 is 5.97 Å². The first-order chi connectivity index (χ1) is 12.0. The van der Waals surface area contributed by atoms with Crippen molar-refractivity contribution >= 4 is 23.5 Å². The molecule has 6 heteroatoms. The number of methoxy groups -OCH3 is 1. The number of nitrogens with one attached hydrogen (secondary N) is 2. The van der Waals surface area contributed by atoms with Crippen LogP contribution in [0, 0.1) is 6.92 Å². The summed E-state index contributed by atoms with van der Waals surface area (Å²) in [6, 6.07) is 13.8. The van der Waals surface area contributed by atoms with Gasteiger partial charge in [0.2, 0.25) is 0 Å². The van der Waals surface area contributed by atoms with Crippen LogP contribution in [0.15, 0.2) is 48.5 Å². The SMILES string of the molecule is COC(=O)CCNC(=O)c1ccc(NC(=O)c2cccc(C)c2)cc1. The van der Waals surface area contributed by atoms with E-state index in [0.717, 1.165) is 5.56 Å². The van der Waals surface area contributed by atoms with E-state index in [9.17, 15) is 14.4 Å². The van der Waals surface area contributed by atoms with Crippen LogP contribution in [0.3, 0.4) is 0 Å². The lowest BCUT2D eigenvalue weighted by molar-refractivity contribution is -0.140. The summed E-state index contributed by atoms with van der Waals surface area (Å²) in [5.74, 6) is -0.881. The van der Waals surface area contributed by atoms with Gasteiger partial charge in [-0.3, -0.25) is 14.4 Å². The minimum absolute atomic E-state index is 0.118. The normalized spacial score (nSPS) is 10.0. The molecule has 0 saturated heterocycles. The third-order valence-electron chi connectivity index (χ3n) is 3.53. The second-order valence-electron chi connectivity index (χ2n) is 5.48. The molecule has 2 aromatic carbocycles. The lowest BCUT2D eigenvalue weighted by Crippen LogP contribution is -2.26. The molecule has 0 unspecified atom stereocenters. The fourth-order valence-corrected chi connectivity index (χ4v) is 2.18. The van der Waals surface area contributed by atoms with Crippen molar-refractivity contribution in [1.82, 2.24) is 5.32 Å². The van der Waals surface area contributed by atoms with E-state index >= 15 is 0 Å². The van der Waals surface area contributed by atoms with Crippen molar-refractivity contribution in [2.24, 2.45) is 0 Å². The smallest absolute Gasteiger partial charge is 0.307 e. The van der Waals surface area contributed by atoms with Crippen LogP contribution >= 0.6 is 0 Å². The average molecular weight is 340 g/mol. The lowest BCUT2D eigenvalue weighted by atomic mass is 10.1. The maximum absolute atomic E-state index is 12.2. The molecule has 0 fully saturated rings. The van der Waals surface area contributed by atoms with Gasteiger partial charge in [-0.2, -0.15) is 0 Å². The second kappa shape index (κ2) is 8.63. The number of hydrogen-bond donors (Lipinski definition) is 2. The molecule has 0 atom stereocenters. The molecular weight excluding hydrogens is 320 g/mol. The van der Waals surface area contributed by atoms with Crippen molar-refractivity contribution in [2.45, 2.75) is 13.3 Å². The van der Waals surface area contributed by atoms with E-state index in [0.29, 0.717) is 16.8 Å². The fourth-order valence-electron chi connectivity index (χ4n) is 2.18. The van der Waals surface area contributed by atoms with E-state index in [2.05, 4.69) is 15.4 Å². The Morgan fingerprint density at radius 2 is 1.68 bits per heavy atom. The topological polar surface area (TPSA) is 84.5 Å². The molecule has 0 aromatic heterocycles. The quantitative estimate of drug-likeness (QED) is 0.792. The highest BCUT2D eigenvalue weighted by Crippen LogP contribution is 2.12. The molecule has 25 heavy (non-hydrogen) atoms. The summed E-state index contributed by atoms with van der Waals surface area (Å²) in [4.78, 5) is 35.1. The molecule has 2 aromatic rings. The number of rotatable bonds is 6. The molecule has 0 aliphatic heterocycles. The number of benzene rings is 2. The van der Waals surface area contributed by atoms with Crippen molar-refractivity contribution in [2.75, 3.05) is 19.0 Å². The number of ether oxygens (including phenoxy) is 1. The van der Waals surface area contributed by atoms with Gasteiger partial charge in [-0.25, -0.2) is 0 Å². The highest BCUT2D eigenvalue weighted by molar-refractivity contribution is 6.04. The van der Waals surface area contributed by atoms with Crippen molar-refractivity contribution in [3.63, 3.8) is 0 Å². The van der Waals surface area contributed by atoms with Crippen LogP contribution < -0.4 is 10.6 Å². The lowest BCUT2D eigenvalue weighted by Gasteiger charge is -2.08. The second-order valence-corrected chi connectivity index (χ2v) is 5.48. The summed E-state index contributed by atoms with van der Waals surface area (Å²) < 4.78 is 4.50. The zero-order valence-electron chi connectivity index (χ0n) is 14.2. The van der Waals surface area contributed by atoms with Gasteiger partial charge in [0.15, 0.2) is 0 Å². The van der Waals surface area contributed by atoms with E-state index in [-0.39, 0.29) is 30.7 Å². The van der Waals surface area contributed by atoms with E-state index in [1.54, 1.807) is 36.4 Å². The monoisotopic (exact) mass is 340 g/mol. The van der Waals surface area contributed by atoms with Crippen LogP contribution in [0.5, 0.6) is 0 Å². The highest BCUT2D eigenvalue weighted by atomic mass is 16.5. The Morgan fingerprint density at radius 3 is 2.32 bits per heavy atom. The van der Waals surface area contributed by atoms with E-state index < -0.39 is 0 Å². The highest BCUT2D eigenvalue weighted by Gasteiger charge is 2.09. The Bertz CT molecular complexity index is 769. The van der Waals surface area contributed by atoms with Crippen LogP contribution in [0.1, 0.15) is 32.7 Å². The number of carbonyl (C=O) groups excluding carboxylic acids is 3. The van der Waals surface area contributed by atoms with E-state index in [1.165, 1.54) is 7.11 Å². The standard InChI is InChI=1S/C19H20N2O4/c1-13-4-3-5-15(12-13)19(24)21-16-8-6-14(7-9-16)18(23)20-11-10-17(22)25-2/h3-9,12H,10-11H2,1-2H3,(H,20,23)(H,21,24). The van der Waals surface area contributed by atoms with Gasteiger partial charge < -0.3 is 15.4 Å². The third-order valence-corrected chi connectivity index (χ3v) is 3.53. The van der Waals surface area contributed by atoms with Crippen LogP contribution in [-0.4, -0.2) is 31.4 Å². The van der Waals surface area contributed by atoms with Crippen LogP contribution in [0.2, 0.25) is 0 Å². The van der Waals surface area contributed by atoms with Gasteiger partial charge in [0.05, 0.1) is 13.5 Å². The molecule has 2 rings (SSSR count). The van der Waals surface area contributed by atoms with Gasteiger partial charge in [-0.15, -0.1) is 0 Å². The minimum atomic E-state index is -0.380. The van der Waals surface area contributed by atoms with E-state index in [4.69, 9.17) is 0 Å². The predicted octanol–water partition coefficient (Wildman–Crippen LogP) is 2.54. The van der Waals surface area contributed by atoms with Gasteiger partial charge in [0.1, 0.15) is 0 Å². The van der Waals surface area contributed by atoms with Gasteiger partial charge in [0.25, 0.3) is 11.8 Å². The number of esters is 1. The average Bonchev–Trinajstić information content (AvgIpc) is 2.62. The van der Waals surface area contributed by atoms with Crippen molar-refractivity contribution in [1.29, 1.82) is 0 Å². The first-order valence-electron chi connectivity index (χ1n) is 7.82. The number of carbonyl (C=O) groups is 3. The maximum Gasteiger partial charge on any atom is 0.307 e. The van der Waals surface area contributed by atoms with Crippen molar-refractivity contribution in [3.05, 3.63) is 65.2 Å². The molecule has 0 aliphatic carbocycles. The predicted molar refractivity (Wildman–Crippen MR) is 94.5 cm³/mol. The van der Waals surface area contributed by atoms with E-state index in [1.807, 2.05) is 19.1 Å². The Balaban J connectivity index is 1.92. The Kier molecular flexibility index (Phi) is 6.28. The Labute approximate surface area is 146 Å². The summed E-state index contributed by atoms with van der Waals surface area (Å²) in [6.45, 7) is 2.13. The van der Waals surface area contributed by atoms with Crippen LogP contribution in [0.4, 0.5) is 5.69 Å². The van der Waals surface area contributed by atoms with Gasteiger partial charge in [-0.1, -0.05) is 17.7 Å². The van der Waals surface area contributed by atoms with Crippen LogP contribution in [0.25, 0.3) is 0 Å². The van der Waals surface area contributed by atoms with Gasteiger partial charge in [0, 0.05) is 23.4 Å². The third kappa shape index (κ3) is 5.46. The number of amides is 2. The molecule has 130 valence electrons. The van der Waals surface area contributed by atoms with Crippen LogP contribution in [-0.2, 0) is 9.53 Å². The molecule has 0 spiro atoms. The molecule has 6 nitrogen and oxygen atoms in total. The molecule has 0 radical (unpaired) electrons. The largest absolute Gasteiger partial charge is 0.469 e. The molecule has 0 aliphatic rings. The Morgan fingerprint density at radius 1 is 0.960 bits per heavy atom. The number of aryl methyl sites for hydroxylation is 1. The molecular formula is C19H20N2O4. The Hall–Kier alpha value is -3.15. The number of anilines is 1. The zero-order valence-corrected chi connectivity index (χ0v) is 14.2. The summed E-state index contributed by atoms with van der Waals surface area (Å²) in [7, 11) is 1.30. The summed E-state index contributed by atoms with van der Waals surface area (Å²) in [5.41, 5.74) is 2.62. The molecule has 0 heterocycles. The summed E-state index contributed by atoms with van der Waals surface area (Å²) in [6.07, 6.45) is 0.118. The fraction of sp³-hybridized carbons (Fsp3) is 0.211. The van der Waals surface area contributed by atoms with Gasteiger partial charge in [-0.05, 0) is 43.3 Å². The number of hydrogen-bond acceptors (Lipinski definition) is 4. The maximum atomic E-state index is 12.2. The molecule has 0 saturated carbocycles. The van der Waals surface area contributed by atoms with Crippen molar-refractivity contribution in [3.8, 4) is 0 Å².